The first kappa shape index (κ1) is 48.7. The van der Waals surface area contributed by atoms with E-state index in [1.165, 1.54) is 12.2 Å². The molecule has 0 aromatic rings. The summed E-state index contributed by atoms with van der Waals surface area (Å²) in [5, 5.41) is 11.9. The van der Waals surface area contributed by atoms with Gasteiger partial charge in [-0.05, 0) is 115 Å². The Morgan fingerprint density at radius 2 is 0.870 bits per heavy atom. The molecular weight excluding hydrogens is 694 g/mol. The van der Waals surface area contributed by atoms with E-state index in [1.807, 2.05) is 69.2 Å². The van der Waals surface area contributed by atoms with Gasteiger partial charge in [0.05, 0.1) is 17.8 Å². The minimum atomic E-state index is -0.788. The van der Waals surface area contributed by atoms with Crippen LogP contribution in [0.3, 0.4) is 0 Å². The van der Waals surface area contributed by atoms with Gasteiger partial charge < -0.3 is 35.5 Å². The van der Waals surface area contributed by atoms with Gasteiger partial charge in [0.2, 0.25) is 23.6 Å². The number of rotatable bonds is 26. The zero-order chi connectivity index (χ0) is 41.6. The number of nitrogens with zero attached hydrogens (tertiary/aromatic N) is 1. The second-order valence-corrected chi connectivity index (χ2v) is 17.9. The molecule has 0 aromatic heterocycles. The van der Waals surface area contributed by atoms with Crippen LogP contribution in [0.2, 0.25) is 0 Å². The number of imide groups is 1. The largest absolute Gasteiger partial charge is 0.375 e. The predicted octanol–water partition coefficient (Wildman–Crippen LogP) is 4.59. The fourth-order valence-corrected chi connectivity index (χ4v) is 5.53. The number of nitrogens with one attached hydrogen (secondary N) is 4. The molecule has 0 saturated carbocycles. The monoisotopic (exact) mass is 766 g/mol. The number of ether oxygens (including phenoxy) is 3. The molecule has 310 valence electrons. The van der Waals surface area contributed by atoms with E-state index in [2.05, 4.69) is 21.3 Å². The van der Waals surface area contributed by atoms with Crippen LogP contribution in [0.4, 0.5) is 0 Å². The van der Waals surface area contributed by atoms with Crippen molar-refractivity contribution in [2.75, 3.05) is 26.4 Å². The average Bonchev–Trinajstić information content (AvgIpc) is 3.32. The van der Waals surface area contributed by atoms with Crippen molar-refractivity contribution >= 4 is 35.4 Å². The standard InChI is InChI=1S/C40H71N5O9/c1-14-29(46)44-40(12,13)54-28-24-37(6,7)42-31(48)18-21-38(8,9)52-26-22-35(2,3)41-30(47)17-20-39(10,11)53-27-23-36(4,5)43-32(49)19-25-45-33(50)15-16-34(45)51/h15-16H,14,17-28H2,1-13H3,(H,41,47)(H,42,48)(H,43,49)(H,44,46). The Bertz CT molecular complexity index is 1320. The molecule has 0 aromatic carbocycles. The molecule has 14 heteroatoms. The molecule has 0 saturated heterocycles. The van der Waals surface area contributed by atoms with E-state index in [1.54, 1.807) is 20.8 Å². The van der Waals surface area contributed by atoms with Crippen LogP contribution < -0.4 is 21.3 Å². The molecule has 1 heterocycles. The van der Waals surface area contributed by atoms with E-state index in [9.17, 15) is 28.8 Å². The van der Waals surface area contributed by atoms with Crippen molar-refractivity contribution in [3.8, 4) is 0 Å². The molecule has 0 bridgehead atoms. The maximum Gasteiger partial charge on any atom is 0.253 e. The van der Waals surface area contributed by atoms with Crippen LogP contribution in [-0.4, -0.2) is 100 Å². The van der Waals surface area contributed by atoms with E-state index >= 15 is 0 Å². The Morgan fingerprint density at radius 1 is 0.519 bits per heavy atom. The average molecular weight is 766 g/mol. The van der Waals surface area contributed by atoms with E-state index in [-0.39, 0.29) is 43.0 Å². The Hall–Kier alpha value is -3.36. The molecule has 0 unspecified atom stereocenters. The SMILES string of the molecule is CCC(=O)NC(C)(C)OCCC(C)(C)NC(=O)CCC(C)(C)OCCC(C)(C)NC(=O)CCC(C)(C)OCCC(C)(C)NC(=O)CCN1C(=O)C=CC1=O. The fraction of sp³-hybridized carbons (Fsp3) is 0.800. The zero-order valence-corrected chi connectivity index (χ0v) is 35.5. The van der Waals surface area contributed by atoms with Gasteiger partial charge >= 0.3 is 0 Å². The van der Waals surface area contributed by atoms with Crippen molar-refractivity contribution in [2.45, 2.75) is 181 Å². The summed E-state index contributed by atoms with van der Waals surface area (Å²) < 4.78 is 18.1. The third kappa shape index (κ3) is 20.9. The second kappa shape index (κ2) is 20.5. The van der Waals surface area contributed by atoms with Crippen LogP contribution >= 0.6 is 0 Å². The van der Waals surface area contributed by atoms with Gasteiger partial charge in [-0.15, -0.1) is 0 Å². The van der Waals surface area contributed by atoms with Crippen LogP contribution in [0, 0.1) is 0 Å². The van der Waals surface area contributed by atoms with Gasteiger partial charge in [-0.3, -0.25) is 33.7 Å². The zero-order valence-electron chi connectivity index (χ0n) is 35.5. The van der Waals surface area contributed by atoms with E-state index in [0.717, 1.165) is 4.90 Å². The summed E-state index contributed by atoms with van der Waals surface area (Å²) >= 11 is 0. The summed E-state index contributed by atoms with van der Waals surface area (Å²) in [7, 11) is 0. The second-order valence-electron chi connectivity index (χ2n) is 17.9. The molecule has 54 heavy (non-hydrogen) atoms. The minimum absolute atomic E-state index is 0.0165. The summed E-state index contributed by atoms with van der Waals surface area (Å²) in [6.45, 7) is 25.9. The van der Waals surface area contributed by atoms with E-state index in [4.69, 9.17) is 14.2 Å². The summed E-state index contributed by atoms with van der Waals surface area (Å²) in [4.78, 5) is 74.3. The van der Waals surface area contributed by atoms with Gasteiger partial charge in [0.25, 0.3) is 11.8 Å². The third-order valence-corrected chi connectivity index (χ3v) is 9.20. The molecule has 4 N–H and O–H groups in total. The molecule has 1 rings (SSSR count). The Labute approximate surface area is 324 Å². The number of carbonyl (C=O) groups is 6. The highest BCUT2D eigenvalue weighted by atomic mass is 16.5. The molecule has 0 aliphatic carbocycles. The maximum absolute atomic E-state index is 12.9. The van der Waals surface area contributed by atoms with Gasteiger partial charge in [0.1, 0.15) is 5.72 Å². The Kier molecular flexibility index (Phi) is 18.5. The van der Waals surface area contributed by atoms with Gasteiger partial charge in [-0.2, -0.15) is 0 Å². The van der Waals surface area contributed by atoms with Crippen molar-refractivity contribution < 1.29 is 43.0 Å². The molecule has 1 aliphatic rings. The summed E-state index contributed by atoms with van der Waals surface area (Å²) in [5.41, 5.74) is -3.48. The van der Waals surface area contributed by atoms with Crippen molar-refractivity contribution in [3.63, 3.8) is 0 Å². The topological polar surface area (TPSA) is 181 Å². The lowest BCUT2D eigenvalue weighted by Crippen LogP contribution is -2.48. The first-order valence-corrected chi connectivity index (χ1v) is 19.3. The predicted molar refractivity (Wildman–Crippen MR) is 208 cm³/mol. The first-order chi connectivity index (χ1) is 24.6. The maximum atomic E-state index is 12.9. The molecular formula is C40H71N5O9. The Morgan fingerprint density at radius 3 is 1.24 bits per heavy atom. The molecule has 0 fully saturated rings. The molecule has 1 aliphatic heterocycles. The lowest BCUT2D eigenvalue weighted by Gasteiger charge is -2.32. The van der Waals surface area contributed by atoms with Crippen molar-refractivity contribution in [1.82, 2.24) is 26.2 Å². The highest BCUT2D eigenvalue weighted by molar-refractivity contribution is 6.13. The number of hydrogen-bond acceptors (Lipinski definition) is 9. The minimum Gasteiger partial charge on any atom is -0.375 e. The highest BCUT2D eigenvalue weighted by Gasteiger charge is 2.30. The summed E-state index contributed by atoms with van der Waals surface area (Å²) in [6.07, 6.45) is 6.06. The molecule has 14 nitrogen and oxygen atoms in total. The molecule has 0 radical (unpaired) electrons. The van der Waals surface area contributed by atoms with Crippen LogP contribution in [-0.2, 0) is 43.0 Å². The summed E-state index contributed by atoms with van der Waals surface area (Å²) in [5.74, 6) is -1.34. The normalized spacial score (nSPS) is 14.4. The quantitative estimate of drug-likeness (QED) is 0.0724. The number of carbonyl (C=O) groups excluding carboxylic acids is 6. The van der Waals surface area contributed by atoms with E-state index < -0.39 is 45.4 Å². The van der Waals surface area contributed by atoms with Crippen molar-refractivity contribution in [1.29, 1.82) is 0 Å². The lowest BCUT2D eigenvalue weighted by molar-refractivity contribution is -0.137. The lowest BCUT2D eigenvalue weighted by atomic mass is 9.97. The molecule has 0 atom stereocenters. The molecule has 6 amide bonds. The van der Waals surface area contributed by atoms with Gasteiger partial charge in [-0.1, -0.05) is 6.92 Å². The van der Waals surface area contributed by atoms with Crippen LogP contribution in [0.5, 0.6) is 0 Å². The van der Waals surface area contributed by atoms with Crippen LogP contribution in [0.1, 0.15) is 148 Å². The van der Waals surface area contributed by atoms with Gasteiger partial charge in [0, 0.05) is 74.2 Å². The number of hydrogen-bond donors (Lipinski definition) is 4. The van der Waals surface area contributed by atoms with Crippen molar-refractivity contribution in [3.05, 3.63) is 12.2 Å². The fourth-order valence-electron chi connectivity index (χ4n) is 5.53. The van der Waals surface area contributed by atoms with E-state index in [0.29, 0.717) is 64.8 Å². The highest BCUT2D eigenvalue weighted by Crippen LogP contribution is 2.22. The smallest absolute Gasteiger partial charge is 0.253 e. The van der Waals surface area contributed by atoms with Gasteiger partial charge in [0.15, 0.2) is 0 Å². The first-order valence-electron chi connectivity index (χ1n) is 19.3. The van der Waals surface area contributed by atoms with Crippen LogP contribution in [0.25, 0.3) is 0 Å². The summed E-state index contributed by atoms with van der Waals surface area (Å²) in [6, 6.07) is 0. The van der Waals surface area contributed by atoms with Crippen molar-refractivity contribution in [2.24, 2.45) is 0 Å². The van der Waals surface area contributed by atoms with Crippen LogP contribution in [0.15, 0.2) is 12.2 Å². The Balaban J connectivity index is 2.37. The van der Waals surface area contributed by atoms with Gasteiger partial charge in [-0.25, -0.2) is 0 Å². The number of amides is 6. The molecule has 0 spiro atoms. The third-order valence-electron chi connectivity index (χ3n) is 9.20.